The van der Waals surface area contributed by atoms with Crippen molar-refractivity contribution in [3.05, 3.63) is 105 Å². The second-order valence-corrected chi connectivity index (χ2v) is 17.5. The molecule has 0 saturated carbocycles. The SMILES string of the molecule is C[C@@H]1CN(c2c(CO[Si](c3ccccc3)(c3ccccc3)C(C)(C)C)cc(C(=NO)c3nccs3)c(F)c2Cl)C[C@H](C)O1. The van der Waals surface area contributed by atoms with Crippen molar-refractivity contribution in [1.82, 2.24) is 4.98 Å². The number of benzene rings is 3. The molecule has 0 spiro atoms. The lowest BCUT2D eigenvalue weighted by Gasteiger charge is -2.43. The molecule has 1 fully saturated rings. The van der Waals surface area contributed by atoms with Crippen molar-refractivity contribution in [2.45, 2.75) is 58.5 Å². The highest BCUT2D eigenvalue weighted by Gasteiger charge is 2.50. The number of aromatic nitrogens is 1. The quantitative estimate of drug-likeness (QED) is 0.0991. The predicted molar refractivity (Wildman–Crippen MR) is 176 cm³/mol. The van der Waals surface area contributed by atoms with Gasteiger partial charge in [0.05, 0.1) is 24.5 Å². The van der Waals surface area contributed by atoms with Gasteiger partial charge in [0.2, 0.25) is 0 Å². The Morgan fingerprint density at radius 2 is 1.67 bits per heavy atom. The second-order valence-electron chi connectivity index (χ2n) is 12.0. The van der Waals surface area contributed by atoms with Crippen LogP contribution in [-0.2, 0) is 15.8 Å². The summed E-state index contributed by atoms with van der Waals surface area (Å²) in [5.41, 5.74) is 1.37. The Labute approximate surface area is 262 Å². The molecule has 0 aliphatic carbocycles. The summed E-state index contributed by atoms with van der Waals surface area (Å²) in [6.45, 7) is 11.9. The molecule has 226 valence electrons. The third-order valence-corrected chi connectivity index (χ3v) is 14.0. The molecule has 1 aromatic heterocycles. The maximum Gasteiger partial charge on any atom is 0.261 e. The Kier molecular flexibility index (Phi) is 9.39. The fourth-order valence-electron chi connectivity index (χ4n) is 6.15. The van der Waals surface area contributed by atoms with Gasteiger partial charge < -0.3 is 19.3 Å². The van der Waals surface area contributed by atoms with Gasteiger partial charge in [0.1, 0.15) is 15.7 Å². The van der Waals surface area contributed by atoms with E-state index in [1.807, 2.05) is 50.2 Å². The lowest BCUT2D eigenvalue weighted by Crippen LogP contribution is -2.66. The summed E-state index contributed by atoms with van der Waals surface area (Å²) < 4.78 is 29.4. The number of ether oxygens (including phenoxy) is 1. The first-order chi connectivity index (χ1) is 20.6. The average molecular weight is 638 g/mol. The van der Waals surface area contributed by atoms with Gasteiger partial charge in [-0.2, -0.15) is 0 Å². The molecule has 10 heteroatoms. The van der Waals surface area contributed by atoms with Crippen LogP contribution in [0.5, 0.6) is 0 Å². The van der Waals surface area contributed by atoms with Crippen molar-refractivity contribution in [3.8, 4) is 0 Å². The fourth-order valence-corrected chi connectivity index (χ4v) is 11.7. The first kappa shape index (κ1) is 31.3. The highest BCUT2D eigenvalue weighted by atomic mass is 35.5. The summed E-state index contributed by atoms with van der Waals surface area (Å²) in [4.78, 5) is 6.34. The molecule has 3 aromatic carbocycles. The number of morpholine rings is 1. The van der Waals surface area contributed by atoms with Gasteiger partial charge in [0.25, 0.3) is 8.32 Å². The van der Waals surface area contributed by atoms with Crippen LogP contribution in [0.4, 0.5) is 10.1 Å². The zero-order valence-electron chi connectivity index (χ0n) is 25.1. The molecular formula is C33H37ClFN3O3SSi. The number of rotatable bonds is 8. The van der Waals surface area contributed by atoms with E-state index in [1.165, 1.54) is 11.3 Å². The van der Waals surface area contributed by atoms with Gasteiger partial charge >= 0.3 is 0 Å². The van der Waals surface area contributed by atoms with E-state index in [0.717, 1.165) is 10.4 Å². The average Bonchev–Trinajstić information content (AvgIpc) is 3.51. The fraction of sp³-hybridized carbons (Fsp3) is 0.333. The van der Waals surface area contributed by atoms with Crippen molar-refractivity contribution in [3.63, 3.8) is 0 Å². The summed E-state index contributed by atoms with van der Waals surface area (Å²) in [6.07, 6.45) is 1.44. The zero-order chi connectivity index (χ0) is 30.8. The Hall–Kier alpha value is -3.08. The Bertz CT molecular complexity index is 1520. The molecule has 5 rings (SSSR count). The number of anilines is 1. The lowest BCUT2D eigenvalue weighted by molar-refractivity contribution is -0.00532. The van der Waals surface area contributed by atoms with Crippen molar-refractivity contribution in [2.24, 2.45) is 5.16 Å². The van der Waals surface area contributed by atoms with E-state index in [-0.39, 0.29) is 40.2 Å². The van der Waals surface area contributed by atoms with Gasteiger partial charge in [-0.15, -0.1) is 11.3 Å². The number of nitrogens with zero attached hydrogens (tertiary/aromatic N) is 3. The zero-order valence-corrected chi connectivity index (χ0v) is 27.6. The summed E-state index contributed by atoms with van der Waals surface area (Å²) in [5, 5.41) is 17.6. The van der Waals surface area contributed by atoms with E-state index in [9.17, 15) is 5.21 Å². The van der Waals surface area contributed by atoms with Crippen LogP contribution in [0.3, 0.4) is 0 Å². The number of thiazole rings is 1. The van der Waals surface area contributed by atoms with Crippen molar-refractivity contribution in [2.75, 3.05) is 18.0 Å². The third-order valence-electron chi connectivity index (χ3n) is 7.85. The van der Waals surface area contributed by atoms with Crippen LogP contribution in [0.1, 0.15) is 50.8 Å². The van der Waals surface area contributed by atoms with E-state index < -0.39 is 14.1 Å². The van der Waals surface area contributed by atoms with E-state index >= 15 is 4.39 Å². The highest BCUT2D eigenvalue weighted by Crippen LogP contribution is 2.41. The molecule has 0 bridgehead atoms. The molecule has 1 N–H and O–H groups in total. The van der Waals surface area contributed by atoms with Crippen molar-refractivity contribution in [1.29, 1.82) is 0 Å². The van der Waals surface area contributed by atoms with E-state index in [4.69, 9.17) is 20.8 Å². The highest BCUT2D eigenvalue weighted by molar-refractivity contribution is 7.11. The smallest absolute Gasteiger partial charge is 0.261 e. The molecule has 0 unspecified atom stereocenters. The molecule has 1 aliphatic rings. The third kappa shape index (κ3) is 6.14. The van der Waals surface area contributed by atoms with Crippen molar-refractivity contribution >= 4 is 53.0 Å². The van der Waals surface area contributed by atoms with Gasteiger partial charge in [-0.05, 0) is 35.3 Å². The number of oxime groups is 1. The van der Waals surface area contributed by atoms with Crippen LogP contribution in [0, 0.1) is 5.82 Å². The van der Waals surface area contributed by atoms with Gasteiger partial charge in [-0.25, -0.2) is 9.37 Å². The summed E-state index contributed by atoms with van der Waals surface area (Å²) in [6, 6.07) is 22.4. The maximum absolute atomic E-state index is 16.2. The minimum absolute atomic E-state index is 0.0244. The lowest BCUT2D eigenvalue weighted by atomic mass is 10.0. The minimum Gasteiger partial charge on any atom is -0.410 e. The Balaban J connectivity index is 1.70. The van der Waals surface area contributed by atoms with Gasteiger partial charge in [-0.1, -0.05) is 98.2 Å². The Morgan fingerprint density at radius 3 is 2.16 bits per heavy atom. The largest absolute Gasteiger partial charge is 0.410 e. The molecule has 43 heavy (non-hydrogen) atoms. The summed E-state index contributed by atoms with van der Waals surface area (Å²) in [5.74, 6) is -0.666. The van der Waals surface area contributed by atoms with Crippen LogP contribution < -0.4 is 15.3 Å². The normalized spacial score (nSPS) is 18.2. The monoisotopic (exact) mass is 637 g/mol. The first-order valence-corrected chi connectivity index (χ1v) is 17.5. The topological polar surface area (TPSA) is 67.2 Å². The van der Waals surface area contributed by atoms with Gasteiger partial charge in [-0.3, -0.25) is 0 Å². The molecule has 4 aromatic rings. The number of hydrogen-bond donors (Lipinski definition) is 1. The molecular weight excluding hydrogens is 601 g/mol. The summed E-state index contributed by atoms with van der Waals surface area (Å²) in [7, 11) is -2.94. The maximum atomic E-state index is 16.2. The van der Waals surface area contributed by atoms with E-state index in [0.29, 0.717) is 29.3 Å². The molecule has 1 saturated heterocycles. The summed E-state index contributed by atoms with van der Waals surface area (Å²) >= 11 is 8.17. The van der Waals surface area contributed by atoms with E-state index in [2.05, 4.69) is 60.1 Å². The minimum atomic E-state index is -2.94. The standard InChI is InChI=1S/C33H37ClFN3O3SSi/c1-22-19-38(20-23(2)41-22)31-24(18-27(29(35)28(31)34)30(37-39)32-36-16-17-42-32)21-40-43(33(3,4)5,25-12-8-6-9-13-25)26-14-10-7-11-15-26/h6-18,22-23,39H,19-21H2,1-5H3/t22-,23+. The first-order valence-electron chi connectivity index (χ1n) is 14.4. The number of halogens is 2. The second kappa shape index (κ2) is 12.9. The molecule has 1 aliphatic heterocycles. The molecule has 2 atom stereocenters. The van der Waals surface area contributed by atoms with Crippen LogP contribution >= 0.6 is 22.9 Å². The van der Waals surface area contributed by atoms with Gasteiger partial charge in [0.15, 0.2) is 5.82 Å². The van der Waals surface area contributed by atoms with Crippen molar-refractivity contribution < 1.29 is 18.8 Å². The molecule has 0 radical (unpaired) electrons. The van der Waals surface area contributed by atoms with Gasteiger partial charge in [0, 0.05) is 35.8 Å². The van der Waals surface area contributed by atoms with Crippen LogP contribution in [0.2, 0.25) is 10.1 Å². The molecule has 0 amide bonds. The number of hydrogen-bond acceptors (Lipinski definition) is 7. The predicted octanol–water partition coefficient (Wildman–Crippen LogP) is 6.85. The van der Waals surface area contributed by atoms with Crippen LogP contribution in [0.25, 0.3) is 0 Å². The van der Waals surface area contributed by atoms with Crippen LogP contribution in [-0.4, -0.2) is 49.5 Å². The Morgan fingerprint density at radius 1 is 1.09 bits per heavy atom. The van der Waals surface area contributed by atoms with E-state index in [1.54, 1.807) is 17.6 Å². The molecule has 6 nitrogen and oxygen atoms in total. The molecule has 2 heterocycles. The van der Waals surface area contributed by atoms with Crippen LogP contribution in [0.15, 0.2) is 83.5 Å².